The number of anilines is 1. The molecule has 0 aromatic carbocycles. The smallest absolute Gasteiger partial charge is 0.459 e. The SMILES string of the molecule is C[n+]1c(O)c2c([n+](C)c1O)NCN(CCN1CCOCC1)C2. The quantitative estimate of drug-likeness (QED) is 0.576. The Hall–Kier alpha value is -1.64. The van der Waals surface area contributed by atoms with Crippen LogP contribution in [0.1, 0.15) is 5.56 Å². The summed E-state index contributed by atoms with van der Waals surface area (Å²) in [5.41, 5.74) is 0.816. The molecule has 8 nitrogen and oxygen atoms in total. The van der Waals surface area contributed by atoms with Crippen molar-refractivity contribution >= 4 is 5.82 Å². The molecule has 0 atom stereocenters. The summed E-state index contributed by atoms with van der Waals surface area (Å²) >= 11 is 0. The number of nitrogens with zero attached hydrogens (tertiary/aromatic N) is 4. The van der Waals surface area contributed by atoms with Crippen molar-refractivity contribution in [2.75, 3.05) is 51.4 Å². The van der Waals surface area contributed by atoms with E-state index in [0.717, 1.165) is 50.8 Å². The molecule has 22 heavy (non-hydrogen) atoms. The molecule has 3 heterocycles. The van der Waals surface area contributed by atoms with Gasteiger partial charge in [0.2, 0.25) is 0 Å². The van der Waals surface area contributed by atoms with Gasteiger partial charge in [-0.05, 0) is 0 Å². The van der Waals surface area contributed by atoms with Crippen LogP contribution in [-0.4, -0.2) is 66.1 Å². The summed E-state index contributed by atoms with van der Waals surface area (Å²) in [5.74, 6) is 0.880. The highest BCUT2D eigenvalue weighted by Gasteiger charge is 2.37. The first-order valence-electron chi connectivity index (χ1n) is 7.67. The third-order valence-electron chi connectivity index (χ3n) is 4.50. The van der Waals surface area contributed by atoms with Crippen LogP contribution in [0.5, 0.6) is 11.9 Å². The van der Waals surface area contributed by atoms with Gasteiger partial charge in [-0.25, -0.2) is 0 Å². The lowest BCUT2D eigenvalue weighted by molar-refractivity contribution is -0.807. The highest BCUT2D eigenvalue weighted by Crippen LogP contribution is 2.25. The van der Waals surface area contributed by atoms with Crippen molar-refractivity contribution in [2.45, 2.75) is 6.54 Å². The van der Waals surface area contributed by atoms with Crippen molar-refractivity contribution < 1.29 is 24.1 Å². The fourth-order valence-electron chi connectivity index (χ4n) is 3.03. The zero-order chi connectivity index (χ0) is 15.7. The van der Waals surface area contributed by atoms with Gasteiger partial charge in [-0.1, -0.05) is 9.13 Å². The van der Waals surface area contributed by atoms with Crippen LogP contribution in [-0.2, 0) is 25.4 Å². The molecule has 0 unspecified atom stereocenters. The van der Waals surface area contributed by atoms with Gasteiger partial charge < -0.3 is 20.3 Å². The van der Waals surface area contributed by atoms with Crippen LogP contribution < -0.4 is 14.5 Å². The number of aromatic hydroxyl groups is 2. The van der Waals surface area contributed by atoms with Crippen molar-refractivity contribution in [3.8, 4) is 11.9 Å². The van der Waals surface area contributed by atoms with E-state index in [1.165, 1.54) is 4.57 Å². The number of fused-ring (bicyclic) bond motifs is 1. The number of hydrogen-bond donors (Lipinski definition) is 3. The van der Waals surface area contributed by atoms with Gasteiger partial charge >= 0.3 is 11.9 Å². The van der Waals surface area contributed by atoms with Gasteiger partial charge in [-0.15, -0.1) is 0 Å². The molecule has 2 aliphatic heterocycles. The number of ether oxygens (including phenoxy) is 1. The van der Waals surface area contributed by atoms with Crippen LogP contribution in [0.3, 0.4) is 0 Å². The number of rotatable bonds is 3. The van der Waals surface area contributed by atoms with Gasteiger partial charge in [0.15, 0.2) is 19.7 Å². The maximum atomic E-state index is 10.3. The first-order chi connectivity index (χ1) is 10.6. The van der Waals surface area contributed by atoms with Crippen molar-refractivity contribution in [2.24, 2.45) is 14.1 Å². The van der Waals surface area contributed by atoms with Gasteiger partial charge in [-0.3, -0.25) is 9.80 Å². The molecule has 0 amide bonds. The van der Waals surface area contributed by atoms with E-state index in [2.05, 4.69) is 15.1 Å². The third-order valence-corrected chi connectivity index (χ3v) is 4.50. The predicted molar refractivity (Wildman–Crippen MR) is 78.3 cm³/mol. The predicted octanol–water partition coefficient (Wildman–Crippen LogP) is -1.74. The van der Waals surface area contributed by atoms with E-state index in [0.29, 0.717) is 13.2 Å². The van der Waals surface area contributed by atoms with E-state index >= 15 is 0 Å². The number of aromatic nitrogens is 2. The first-order valence-corrected chi connectivity index (χ1v) is 7.67. The molecule has 8 heteroatoms. The summed E-state index contributed by atoms with van der Waals surface area (Å²) in [6.45, 7) is 6.90. The molecule has 0 aliphatic carbocycles. The lowest BCUT2D eigenvalue weighted by Crippen LogP contribution is -2.51. The van der Waals surface area contributed by atoms with E-state index in [1.54, 1.807) is 18.7 Å². The van der Waals surface area contributed by atoms with Crippen molar-refractivity contribution in [1.29, 1.82) is 0 Å². The molecule has 122 valence electrons. The van der Waals surface area contributed by atoms with E-state index in [4.69, 9.17) is 4.74 Å². The average Bonchev–Trinajstić information content (AvgIpc) is 2.57. The second kappa shape index (κ2) is 6.23. The lowest BCUT2D eigenvalue weighted by atomic mass is 10.2. The van der Waals surface area contributed by atoms with E-state index in [1.807, 2.05) is 0 Å². The van der Waals surface area contributed by atoms with Gasteiger partial charge in [0.05, 0.1) is 19.9 Å². The van der Waals surface area contributed by atoms with Crippen LogP contribution in [0.4, 0.5) is 5.82 Å². The molecule has 1 fully saturated rings. The molecule has 3 rings (SSSR count). The van der Waals surface area contributed by atoms with Gasteiger partial charge in [0, 0.05) is 32.7 Å². The van der Waals surface area contributed by atoms with Gasteiger partial charge in [0.25, 0.3) is 5.82 Å². The second-order valence-electron chi connectivity index (χ2n) is 5.91. The molecule has 0 bridgehead atoms. The van der Waals surface area contributed by atoms with E-state index in [9.17, 15) is 10.2 Å². The van der Waals surface area contributed by atoms with Crippen LogP contribution in [0.15, 0.2) is 0 Å². The summed E-state index contributed by atoms with van der Waals surface area (Å²) in [6.07, 6.45) is 0. The minimum Gasteiger partial charge on any atom is -0.459 e. The fourth-order valence-corrected chi connectivity index (χ4v) is 3.03. The highest BCUT2D eigenvalue weighted by atomic mass is 16.5. The highest BCUT2D eigenvalue weighted by molar-refractivity contribution is 5.44. The van der Waals surface area contributed by atoms with Crippen LogP contribution in [0, 0.1) is 0 Å². The zero-order valence-corrected chi connectivity index (χ0v) is 13.2. The Bertz CT molecular complexity index is 560. The largest absolute Gasteiger partial charge is 0.632 e. The van der Waals surface area contributed by atoms with E-state index in [-0.39, 0.29) is 11.9 Å². The standard InChI is InChI=1S/C14H23N5O3/c1-16-12-11(13(20)17(2)14(16)21)9-19(10-15-12)4-3-18-5-7-22-8-6-18/h3-10H2,1-2H3,(H,15,20)/p+2. The Morgan fingerprint density at radius 3 is 2.50 bits per heavy atom. The lowest BCUT2D eigenvalue weighted by Gasteiger charge is -2.31. The van der Waals surface area contributed by atoms with Crippen LogP contribution in [0.25, 0.3) is 0 Å². The summed E-state index contributed by atoms with van der Waals surface area (Å²) < 4.78 is 8.42. The summed E-state index contributed by atoms with van der Waals surface area (Å²) in [4.78, 5) is 4.66. The molecule has 2 aliphatic rings. The van der Waals surface area contributed by atoms with Crippen LogP contribution >= 0.6 is 0 Å². The van der Waals surface area contributed by atoms with Crippen molar-refractivity contribution in [3.63, 3.8) is 0 Å². The molecule has 0 spiro atoms. The molecule has 1 saturated heterocycles. The molecule has 0 saturated carbocycles. The minimum absolute atomic E-state index is 0.0190. The second-order valence-corrected chi connectivity index (χ2v) is 5.91. The normalized spacial score (nSPS) is 19.7. The van der Waals surface area contributed by atoms with Gasteiger partial charge in [-0.2, -0.15) is 0 Å². The summed E-state index contributed by atoms with van der Waals surface area (Å²) in [7, 11) is 3.43. The van der Waals surface area contributed by atoms with Gasteiger partial charge in [0.1, 0.15) is 0 Å². The summed E-state index contributed by atoms with van der Waals surface area (Å²) in [5, 5.41) is 23.5. The Morgan fingerprint density at radius 1 is 1.09 bits per heavy atom. The summed E-state index contributed by atoms with van der Waals surface area (Å²) in [6, 6.07) is 0.0190. The zero-order valence-electron chi connectivity index (χ0n) is 13.2. The minimum atomic E-state index is 0.0190. The third kappa shape index (κ3) is 2.81. The fraction of sp³-hybridized carbons (Fsp3) is 0.714. The Labute approximate surface area is 130 Å². The van der Waals surface area contributed by atoms with Crippen LogP contribution in [0.2, 0.25) is 0 Å². The number of hydrogen-bond acceptors (Lipinski definition) is 6. The Kier molecular flexibility index (Phi) is 4.32. The Morgan fingerprint density at radius 2 is 1.77 bits per heavy atom. The van der Waals surface area contributed by atoms with Crippen molar-refractivity contribution in [1.82, 2.24) is 9.80 Å². The van der Waals surface area contributed by atoms with E-state index < -0.39 is 0 Å². The first kappa shape index (κ1) is 15.3. The number of morpholine rings is 1. The topological polar surface area (TPSA) is 76.0 Å². The average molecular weight is 311 g/mol. The maximum absolute atomic E-state index is 10.3. The monoisotopic (exact) mass is 311 g/mol. The molecule has 0 radical (unpaired) electrons. The molecular weight excluding hydrogens is 286 g/mol. The van der Waals surface area contributed by atoms with Crippen molar-refractivity contribution in [3.05, 3.63) is 5.56 Å². The maximum Gasteiger partial charge on any atom is 0.632 e. The molecule has 1 aromatic rings. The molecule has 3 N–H and O–H groups in total. The Balaban J connectivity index is 1.68. The number of nitrogens with one attached hydrogen (secondary N) is 1. The molecule has 1 aromatic heterocycles. The molecular formula is C14H25N5O3+2.